The summed E-state index contributed by atoms with van der Waals surface area (Å²) in [6, 6.07) is 0. The van der Waals surface area contributed by atoms with Gasteiger partial charge in [-0.3, -0.25) is 4.79 Å². The fraction of sp³-hybridized carbons (Fsp3) is 0.909. The van der Waals surface area contributed by atoms with Crippen molar-refractivity contribution in [3.05, 3.63) is 0 Å². The standard InChI is InChI=1S/C8H18.C3H6O2/c1-3-5-7-8-6-4-2;1-2-3(4)5/h3-8H2,1-2H3;2H2,1H3,(H,4,5). The van der Waals surface area contributed by atoms with E-state index in [0.29, 0.717) is 0 Å². The van der Waals surface area contributed by atoms with Crippen LogP contribution in [0.5, 0.6) is 0 Å². The summed E-state index contributed by atoms with van der Waals surface area (Å²) in [4.78, 5) is 9.37. The number of hydrogen-bond donors (Lipinski definition) is 1. The van der Waals surface area contributed by atoms with Gasteiger partial charge in [0.05, 0.1) is 0 Å². The van der Waals surface area contributed by atoms with Crippen molar-refractivity contribution in [1.82, 2.24) is 0 Å². The molecule has 0 aromatic heterocycles. The summed E-state index contributed by atoms with van der Waals surface area (Å²) >= 11 is 0. The highest BCUT2D eigenvalue weighted by molar-refractivity contribution is 5.66. The van der Waals surface area contributed by atoms with Crippen LogP contribution in [0.1, 0.15) is 65.7 Å². The van der Waals surface area contributed by atoms with E-state index in [4.69, 9.17) is 5.11 Å². The third-order valence-corrected chi connectivity index (χ3v) is 1.76. The molecular formula is C11H24O2. The first-order valence-corrected chi connectivity index (χ1v) is 5.40. The molecule has 0 bridgehead atoms. The highest BCUT2D eigenvalue weighted by atomic mass is 16.4. The smallest absolute Gasteiger partial charge is 0.303 e. The molecule has 0 saturated heterocycles. The molecule has 80 valence electrons. The quantitative estimate of drug-likeness (QED) is 0.643. The van der Waals surface area contributed by atoms with Crippen molar-refractivity contribution in [2.75, 3.05) is 0 Å². The van der Waals surface area contributed by atoms with Gasteiger partial charge in [0.15, 0.2) is 0 Å². The first-order valence-electron chi connectivity index (χ1n) is 5.40. The van der Waals surface area contributed by atoms with Crippen LogP contribution in [0, 0.1) is 0 Å². The van der Waals surface area contributed by atoms with Crippen LogP contribution < -0.4 is 0 Å². The van der Waals surface area contributed by atoms with Gasteiger partial charge in [-0.15, -0.1) is 0 Å². The minimum atomic E-state index is -0.745. The predicted octanol–water partition coefficient (Wildman–Crippen LogP) is 3.85. The van der Waals surface area contributed by atoms with Crippen molar-refractivity contribution >= 4 is 5.97 Å². The highest BCUT2D eigenvalue weighted by Gasteiger charge is 1.83. The number of aliphatic carboxylic acids is 1. The Kier molecular flexibility index (Phi) is 16.1. The Morgan fingerprint density at radius 2 is 1.23 bits per heavy atom. The zero-order valence-electron chi connectivity index (χ0n) is 9.31. The fourth-order valence-electron chi connectivity index (χ4n) is 0.854. The molecule has 1 N–H and O–H groups in total. The van der Waals surface area contributed by atoms with Crippen LogP contribution in [0.4, 0.5) is 0 Å². The molecule has 0 aliphatic carbocycles. The molecule has 0 rings (SSSR count). The second-order valence-electron chi connectivity index (χ2n) is 3.16. The van der Waals surface area contributed by atoms with Gasteiger partial charge in [-0.2, -0.15) is 0 Å². The van der Waals surface area contributed by atoms with Crippen molar-refractivity contribution < 1.29 is 9.90 Å². The van der Waals surface area contributed by atoms with Crippen LogP contribution in [0.15, 0.2) is 0 Å². The van der Waals surface area contributed by atoms with E-state index in [1.54, 1.807) is 6.92 Å². The maximum absolute atomic E-state index is 9.37. The van der Waals surface area contributed by atoms with Gasteiger partial charge in [-0.1, -0.05) is 59.3 Å². The Morgan fingerprint density at radius 1 is 0.923 bits per heavy atom. The summed E-state index contributed by atoms with van der Waals surface area (Å²) < 4.78 is 0. The number of unbranched alkanes of at least 4 members (excludes halogenated alkanes) is 5. The largest absolute Gasteiger partial charge is 0.481 e. The molecule has 0 aromatic rings. The lowest BCUT2D eigenvalue weighted by Crippen LogP contribution is -1.86. The van der Waals surface area contributed by atoms with Gasteiger partial charge in [0.25, 0.3) is 0 Å². The van der Waals surface area contributed by atoms with Crippen LogP contribution in [0.3, 0.4) is 0 Å². The summed E-state index contributed by atoms with van der Waals surface area (Å²) in [7, 11) is 0. The molecule has 2 heteroatoms. The lowest BCUT2D eigenvalue weighted by molar-refractivity contribution is -0.136. The predicted molar refractivity (Wildman–Crippen MR) is 57.0 cm³/mol. The molecule has 0 amide bonds. The van der Waals surface area contributed by atoms with Gasteiger partial charge in [0.1, 0.15) is 0 Å². The Hall–Kier alpha value is -0.530. The summed E-state index contributed by atoms with van der Waals surface area (Å²) in [5.41, 5.74) is 0. The van der Waals surface area contributed by atoms with Gasteiger partial charge < -0.3 is 5.11 Å². The van der Waals surface area contributed by atoms with E-state index >= 15 is 0 Å². The molecular weight excluding hydrogens is 164 g/mol. The maximum atomic E-state index is 9.37. The zero-order valence-corrected chi connectivity index (χ0v) is 9.31. The third kappa shape index (κ3) is 24.6. The van der Waals surface area contributed by atoms with Gasteiger partial charge in [-0.05, 0) is 0 Å². The fourth-order valence-corrected chi connectivity index (χ4v) is 0.854. The lowest BCUT2D eigenvalue weighted by atomic mass is 10.1. The number of carboxylic acid groups (broad SMARTS) is 1. The van der Waals surface area contributed by atoms with Crippen LogP contribution in [0.25, 0.3) is 0 Å². The van der Waals surface area contributed by atoms with E-state index < -0.39 is 5.97 Å². The highest BCUT2D eigenvalue weighted by Crippen LogP contribution is 2.03. The first kappa shape index (κ1) is 15.0. The van der Waals surface area contributed by atoms with Gasteiger partial charge >= 0.3 is 5.97 Å². The van der Waals surface area contributed by atoms with Crippen LogP contribution in [0.2, 0.25) is 0 Å². The van der Waals surface area contributed by atoms with Gasteiger partial charge in [0, 0.05) is 6.42 Å². The van der Waals surface area contributed by atoms with Crippen LogP contribution >= 0.6 is 0 Å². The van der Waals surface area contributed by atoms with Crippen molar-refractivity contribution in [2.45, 2.75) is 65.7 Å². The first-order chi connectivity index (χ1) is 6.18. The molecule has 13 heavy (non-hydrogen) atoms. The van der Waals surface area contributed by atoms with Crippen LogP contribution in [-0.2, 0) is 4.79 Å². The van der Waals surface area contributed by atoms with E-state index in [1.807, 2.05) is 0 Å². The molecule has 0 heterocycles. The Labute approximate surface area is 82.4 Å². The Balaban J connectivity index is 0. The zero-order chi connectivity index (χ0) is 10.5. The van der Waals surface area contributed by atoms with E-state index in [1.165, 1.54) is 38.5 Å². The molecule has 0 spiro atoms. The average molecular weight is 188 g/mol. The van der Waals surface area contributed by atoms with Crippen LogP contribution in [-0.4, -0.2) is 11.1 Å². The molecule has 0 aliphatic rings. The van der Waals surface area contributed by atoms with Gasteiger partial charge in [0.2, 0.25) is 0 Å². The van der Waals surface area contributed by atoms with Crippen molar-refractivity contribution in [3.63, 3.8) is 0 Å². The topological polar surface area (TPSA) is 37.3 Å². The number of carbonyl (C=O) groups is 1. The molecule has 0 atom stereocenters. The monoisotopic (exact) mass is 188 g/mol. The maximum Gasteiger partial charge on any atom is 0.303 e. The number of carboxylic acids is 1. The van der Waals surface area contributed by atoms with Gasteiger partial charge in [-0.25, -0.2) is 0 Å². The molecule has 0 fully saturated rings. The SMILES string of the molecule is CCC(=O)O.CCCCCCCC. The second kappa shape index (κ2) is 14.0. The summed E-state index contributed by atoms with van der Waals surface area (Å²) in [5.74, 6) is -0.745. The summed E-state index contributed by atoms with van der Waals surface area (Å²) in [6.45, 7) is 6.11. The molecule has 0 aliphatic heterocycles. The van der Waals surface area contributed by atoms with Crippen molar-refractivity contribution in [3.8, 4) is 0 Å². The Morgan fingerprint density at radius 3 is 1.38 bits per heavy atom. The second-order valence-corrected chi connectivity index (χ2v) is 3.16. The third-order valence-electron chi connectivity index (χ3n) is 1.76. The molecule has 0 aromatic carbocycles. The molecule has 0 saturated carbocycles. The molecule has 0 unspecified atom stereocenters. The van der Waals surface area contributed by atoms with E-state index in [9.17, 15) is 4.79 Å². The van der Waals surface area contributed by atoms with Crippen molar-refractivity contribution in [1.29, 1.82) is 0 Å². The lowest BCUT2D eigenvalue weighted by Gasteiger charge is -1.93. The van der Waals surface area contributed by atoms with E-state index in [0.717, 1.165) is 0 Å². The number of rotatable bonds is 6. The number of hydrogen-bond acceptors (Lipinski definition) is 1. The summed E-state index contributed by atoms with van der Waals surface area (Å²) in [6.07, 6.45) is 8.71. The molecule has 2 nitrogen and oxygen atoms in total. The Bertz CT molecular complexity index is 94.3. The van der Waals surface area contributed by atoms with E-state index in [2.05, 4.69) is 13.8 Å². The normalized spacial score (nSPS) is 8.85. The molecule has 0 radical (unpaired) electrons. The minimum Gasteiger partial charge on any atom is -0.481 e. The summed E-state index contributed by atoms with van der Waals surface area (Å²) in [5, 5.41) is 7.72. The minimum absolute atomic E-state index is 0.222. The average Bonchev–Trinajstić information content (AvgIpc) is 2.14. The van der Waals surface area contributed by atoms with Crippen molar-refractivity contribution in [2.24, 2.45) is 0 Å². The van der Waals surface area contributed by atoms with E-state index in [-0.39, 0.29) is 6.42 Å².